The molecule has 29 heavy (non-hydrogen) atoms. The lowest BCUT2D eigenvalue weighted by atomic mass is 10.1. The van der Waals surface area contributed by atoms with Crippen molar-refractivity contribution < 1.29 is 19.7 Å². The van der Waals surface area contributed by atoms with E-state index in [1.54, 1.807) is 0 Å². The van der Waals surface area contributed by atoms with Gasteiger partial charge in [0.25, 0.3) is 5.91 Å². The summed E-state index contributed by atoms with van der Waals surface area (Å²) in [7, 11) is 1.43. The fraction of sp³-hybridized carbons (Fsp3) is 0.333. The number of aromatic nitrogens is 4. The SMILES string of the molecule is CNC(=O)[C@H]1O[C@@H](n2cnc3c(NCc4cccc(I)c4)ncnc32)[C@@H](O)[C@H]1O. The maximum atomic E-state index is 11.9. The average Bonchev–Trinajstić information content (AvgIpc) is 3.28. The average molecular weight is 510 g/mol. The van der Waals surface area contributed by atoms with Gasteiger partial charge in [-0.2, -0.15) is 0 Å². The number of nitrogens with zero attached hydrogens (tertiary/aromatic N) is 4. The summed E-state index contributed by atoms with van der Waals surface area (Å²) in [6.07, 6.45) is -2.04. The topological polar surface area (TPSA) is 134 Å². The lowest BCUT2D eigenvalue weighted by molar-refractivity contribution is -0.137. The van der Waals surface area contributed by atoms with Crippen molar-refractivity contribution in [2.75, 3.05) is 12.4 Å². The zero-order valence-electron chi connectivity index (χ0n) is 15.4. The van der Waals surface area contributed by atoms with E-state index in [9.17, 15) is 15.0 Å². The Morgan fingerprint density at radius 3 is 2.86 bits per heavy atom. The second kappa shape index (κ2) is 8.18. The Bertz CT molecular complexity index is 1040. The second-order valence-electron chi connectivity index (χ2n) is 6.57. The van der Waals surface area contributed by atoms with Gasteiger partial charge in [0, 0.05) is 17.2 Å². The number of amides is 1. The van der Waals surface area contributed by atoms with Crippen molar-refractivity contribution in [2.45, 2.75) is 31.1 Å². The number of rotatable bonds is 5. The Kier molecular flexibility index (Phi) is 5.63. The van der Waals surface area contributed by atoms with Gasteiger partial charge in [-0.05, 0) is 40.3 Å². The highest BCUT2D eigenvalue weighted by Crippen LogP contribution is 2.32. The Morgan fingerprint density at radius 1 is 1.28 bits per heavy atom. The van der Waals surface area contributed by atoms with Crippen LogP contribution in [0.3, 0.4) is 0 Å². The van der Waals surface area contributed by atoms with E-state index in [-0.39, 0.29) is 0 Å². The van der Waals surface area contributed by atoms with E-state index in [1.807, 2.05) is 18.2 Å². The molecule has 3 aromatic rings. The predicted molar refractivity (Wildman–Crippen MR) is 112 cm³/mol. The van der Waals surface area contributed by atoms with Crippen molar-refractivity contribution in [3.05, 3.63) is 46.1 Å². The third kappa shape index (κ3) is 3.77. The van der Waals surface area contributed by atoms with Crippen LogP contribution < -0.4 is 10.6 Å². The number of aliphatic hydroxyl groups is 2. The number of imidazole rings is 1. The Hall–Kier alpha value is -2.35. The first-order valence-corrected chi connectivity index (χ1v) is 9.96. The molecule has 1 amide bonds. The van der Waals surface area contributed by atoms with Gasteiger partial charge in [0.2, 0.25) is 0 Å². The quantitative estimate of drug-likeness (QED) is 0.363. The van der Waals surface area contributed by atoms with E-state index >= 15 is 0 Å². The largest absolute Gasteiger partial charge is 0.387 e. The van der Waals surface area contributed by atoms with Crippen LogP contribution in [0.15, 0.2) is 36.9 Å². The van der Waals surface area contributed by atoms with Gasteiger partial charge in [-0.15, -0.1) is 0 Å². The molecule has 10 nitrogen and oxygen atoms in total. The molecule has 11 heteroatoms. The number of hydrogen-bond donors (Lipinski definition) is 4. The minimum atomic E-state index is -1.36. The predicted octanol–water partition coefficient (Wildman–Crippen LogP) is 0.408. The summed E-state index contributed by atoms with van der Waals surface area (Å²) in [4.78, 5) is 24.7. The number of benzene rings is 1. The van der Waals surface area contributed by atoms with E-state index in [4.69, 9.17) is 4.74 Å². The van der Waals surface area contributed by atoms with Gasteiger partial charge in [0.1, 0.15) is 18.5 Å². The highest BCUT2D eigenvalue weighted by molar-refractivity contribution is 14.1. The monoisotopic (exact) mass is 510 g/mol. The zero-order valence-corrected chi connectivity index (χ0v) is 17.5. The van der Waals surface area contributed by atoms with E-state index < -0.39 is 30.4 Å². The molecule has 4 N–H and O–H groups in total. The fourth-order valence-electron chi connectivity index (χ4n) is 3.25. The molecule has 0 saturated carbocycles. The number of anilines is 1. The number of likely N-dealkylation sites (N-methyl/N-ethyl adjacent to an activating group) is 1. The van der Waals surface area contributed by atoms with E-state index in [1.165, 1.54) is 24.3 Å². The van der Waals surface area contributed by atoms with Crippen molar-refractivity contribution in [1.82, 2.24) is 24.8 Å². The first kappa shape index (κ1) is 19.9. The third-order valence-corrected chi connectivity index (χ3v) is 5.40. The lowest BCUT2D eigenvalue weighted by Gasteiger charge is -2.16. The van der Waals surface area contributed by atoms with Gasteiger partial charge < -0.3 is 25.6 Å². The molecule has 0 aliphatic carbocycles. The van der Waals surface area contributed by atoms with Crippen LogP contribution in [0.2, 0.25) is 0 Å². The van der Waals surface area contributed by atoms with E-state index in [0.717, 1.165) is 9.13 Å². The number of carbonyl (C=O) groups is 1. The number of halogens is 1. The summed E-state index contributed by atoms with van der Waals surface area (Å²) in [5.41, 5.74) is 2.00. The zero-order chi connectivity index (χ0) is 20.5. The molecule has 4 atom stereocenters. The molecule has 1 aliphatic heterocycles. The summed E-state index contributed by atoms with van der Waals surface area (Å²) in [5.74, 6) is 0.0152. The van der Waals surface area contributed by atoms with Crippen molar-refractivity contribution in [2.24, 2.45) is 0 Å². The summed E-state index contributed by atoms with van der Waals surface area (Å²) >= 11 is 2.26. The molecule has 4 rings (SSSR count). The number of hydrogen-bond acceptors (Lipinski definition) is 8. The van der Waals surface area contributed by atoms with E-state index in [0.29, 0.717) is 23.5 Å². The van der Waals surface area contributed by atoms with Crippen molar-refractivity contribution in [1.29, 1.82) is 0 Å². The molecule has 0 spiro atoms. The van der Waals surface area contributed by atoms with Gasteiger partial charge in [0.15, 0.2) is 29.3 Å². The Balaban J connectivity index is 1.60. The standard InChI is InChI=1S/C18H19IN6O4/c1-20-17(28)14-12(26)13(27)18(29-14)25-8-24-11-15(22-7-23-16(11)25)21-6-9-3-2-4-10(19)5-9/h2-5,7-8,12-14,18,26-27H,6H2,1H3,(H,20,28)(H,21,22,23)/t12-,13+,14+,18-/m1/s1. The van der Waals surface area contributed by atoms with Gasteiger partial charge >= 0.3 is 0 Å². The molecule has 152 valence electrons. The normalized spacial score (nSPS) is 24.0. The highest BCUT2D eigenvalue weighted by Gasteiger charge is 2.47. The van der Waals surface area contributed by atoms with E-state index in [2.05, 4.69) is 54.2 Å². The van der Waals surface area contributed by atoms with Crippen LogP contribution >= 0.6 is 22.6 Å². The lowest BCUT2D eigenvalue weighted by Crippen LogP contribution is -2.41. The minimum Gasteiger partial charge on any atom is -0.387 e. The van der Waals surface area contributed by atoms with Crippen molar-refractivity contribution in [3.63, 3.8) is 0 Å². The molecule has 1 aliphatic rings. The summed E-state index contributed by atoms with van der Waals surface area (Å²) in [6, 6.07) is 8.07. The highest BCUT2D eigenvalue weighted by atomic mass is 127. The number of fused-ring (bicyclic) bond motifs is 1. The van der Waals surface area contributed by atoms with Crippen LogP contribution in [0, 0.1) is 3.57 Å². The molecule has 2 aromatic heterocycles. The Morgan fingerprint density at radius 2 is 2.10 bits per heavy atom. The fourth-order valence-corrected chi connectivity index (χ4v) is 3.86. The number of carbonyl (C=O) groups excluding carboxylic acids is 1. The molecule has 0 bridgehead atoms. The molecule has 1 saturated heterocycles. The van der Waals surface area contributed by atoms with Crippen molar-refractivity contribution >= 4 is 45.5 Å². The first-order chi connectivity index (χ1) is 14.0. The van der Waals surface area contributed by atoms with Crippen LogP contribution in [0.1, 0.15) is 11.8 Å². The maximum Gasteiger partial charge on any atom is 0.251 e. The van der Waals surface area contributed by atoms with Gasteiger partial charge in [-0.1, -0.05) is 12.1 Å². The molecule has 1 aromatic carbocycles. The minimum absolute atomic E-state index is 0.416. The molecule has 3 heterocycles. The molecule has 0 unspecified atom stereocenters. The molecular formula is C18H19IN6O4. The van der Waals surface area contributed by atoms with Crippen LogP contribution in [-0.4, -0.2) is 61.0 Å². The van der Waals surface area contributed by atoms with Gasteiger partial charge in [-0.25, -0.2) is 15.0 Å². The number of ether oxygens (including phenoxy) is 1. The smallest absolute Gasteiger partial charge is 0.251 e. The summed E-state index contributed by atoms with van der Waals surface area (Å²) < 4.78 is 8.23. The van der Waals surface area contributed by atoms with Crippen LogP contribution in [0.25, 0.3) is 11.2 Å². The maximum absolute atomic E-state index is 11.9. The third-order valence-electron chi connectivity index (χ3n) is 4.73. The van der Waals surface area contributed by atoms with Crippen LogP contribution in [-0.2, 0) is 16.1 Å². The summed E-state index contributed by atoms with van der Waals surface area (Å²) in [5, 5.41) is 26.2. The second-order valence-corrected chi connectivity index (χ2v) is 7.82. The Labute approximate surface area is 179 Å². The molecule has 1 fully saturated rings. The first-order valence-electron chi connectivity index (χ1n) is 8.88. The van der Waals surface area contributed by atoms with Gasteiger partial charge in [-0.3, -0.25) is 9.36 Å². The van der Waals surface area contributed by atoms with Crippen LogP contribution in [0.4, 0.5) is 5.82 Å². The van der Waals surface area contributed by atoms with Crippen molar-refractivity contribution in [3.8, 4) is 0 Å². The number of aliphatic hydroxyl groups excluding tert-OH is 2. The van der Waals surface area contributed by atoms with Gasteiger partial charge in [0.05, 0.1) is 6.33 Å². The summed E-state index contributed by atoms with van der Waals surface area (Å²) in [6.45, 7) is 0.551. The number of nitrogens with one attached hydrogen (secondary N) is 2. The molecular weight excluding hydrogens is 491 g/mol. The molecule has 0 radical (unpaired) electrons. The van der Waals surface area contributed by atoms with Crippen LogP contribution in [0.5, 0.6) is 0 Å².